The van der Waals surface area contributed by atoms with Crippen molar-refractivity contribution >= 4 is 29.1 Å². The molecule has 1 fully saturated rings. The average molecular weight is 346 g/mol. The Morgan fingerprint density at radius 3 is 2.36 bits per heavy atom. The summed E-state index contributed by atoms with van der Waals surface area (Å²) in [6.07, 6.45) is -0.287. The number of aliphatic hydroxyl groups is 2. The molecule has 0 aliphatic carbocycles. The molecule has 0 radical (unpaired) electrons. The minimum atomic E-state index is -0.993. The Bertz CT molecular complexity index is 536. The summed E-state index contributed by atoms with van der Waals surface area (Å²) in [6, 6.07) is 4.83. The van der Waals surface area contributed by atoms with Crippen molar-refractivity contribution in [1.29, 1.82) is 0 Å². The first-order valence-electron chi connectivity index (χ1n) is 7.30. The van der Waals surface area contributed by atoms with Gasteiger partial charge in [0.15, 0.2) is 0 Å². The average Bonchev–Trinajstić information content (AvgIpc) is 2.39. The molecule has 1 aliphatic rings. The van der Waals surface area contributed by atoms with Crippen LogP contribution in [0.1, 0.15) is 31.9 Å². The van der Waals surface area contributed by atoms with Crippen molar-refractivity contribution in [2.45, 2.75) is 26.4 Å². The topological polar surface area (TPSA) is 60.8 Å². The molecule has 2 rings (SSSR count). The minimum Gasteiger partial charge on any atom is -0.396 e. The number of halogens is 2. The van der Waals surface area contributed by atoms with E-state index in [9.17, 15) is 9.90 Å². The number of carbonyl (C=O) groups is 1. The van der Waals surface area contributed by atoms with E-state index in [2.05, 4.69) is 0 Å². The van der Waals surface area contributed by atoms with Crippen LogP contribution in [0, 0.1) is 11.3 Å². The second-order valence-electron chi connectivity index (χ2n) is 6.42. The van der Waals surface area contributed by atoms with E-state index >= 15 is 0 Å². The summed E-state index contributed by atoms with van der Waals surface area (Å²) in [4.78, 5) is 14.3. The molecule has 22 heavy (non-hydrogen) atoms. The summed E-state index contributed by atoms with van der Waals surface area (Å²) in [6.45, 7) is 4.83. The molecule has 0 unspecified atom stereocenters. The minimum absolute atomic E-state index is 0.106. The third-order valence-electron chi connectivity index (χ3n) is 4.22. The number of carbonyl (C=O) groups excluding carboxylic acids is 1. The highest BCUT2D eigenvalue weighted by atomic mass is 35.5. The van der Waals surface area contributed by atoms with Crippen molar-refractivity contribution < 1.29 is 15.0 Å². The Balaban J connectivity index is 2.10. The quantitative estimate of drug-likeness (QED) is 0.862. The van der Waals surface area contributed by atoms with Gasteiger partial charge in [-0.05, 0) is 49.9 Å². The van der Waals surface area contributed by atoms with Gasteiger partial charge in [0.1, 0.15) is 0 Å². The zero-order valence-corrected chi connectivity index (χ0v) is 14.2. The Kier molecular flexibility index (Phi) is 5.38. The van der Waals surface area contributed by atoms with Gasteiger partial charge in [0, 0.05) is 29.7 Å². The zero-order valence-electron chi connectivity index (χ0n) is 12.7. The van der Waals surface area contributed by atoms with E-state index in [0.717, 1.165) is 0 Å². The van der Waals surface area contributed by atoms with E-state index < -0.39 is 11.5 Å². The molecule has 4 nitrogen and oxygen atoms in total. The van der Waals surface area contributed by atoms with Crippen molar-refractivity contribution in [3.63, 3.8) is 0 Å². The monoisotopic (exact) mass is 345 g/mol. The molecule has 1 amide bonds. The molecule has 1 heterocycles. The fraction of sp³-hybridized carbons (Fsp3) is 0.562. The van der Waals surface area contributed by atoms with Gasteiger partial charge in [-0.1, -0.05) is 23.2 Å². The van der Waals surface area contributed by atoms with Gasteiger partial charge in [-0.3, -0.25) is 4.79 Å². The van der Waals surface area contributed by atoms with Crippen molar-refractivity contribution in [2.24, 2.45) is 11.3 Å². The molecular weight excluding hydrogens is 325 g/mol. The van der Waals surface area contributed by atoms with E-state index in [1.165, 1.54) is 0 Å². The lowest BCUT2D eigenvalue weighted by Gasteiger charge is -2.44. The van der Waals surface area contributed by atoms with Gasteiger partial charge < -0.3 is 15.1 Å². The number of rotatable bonds is 5. The number of benzene rings is 1. The fourth-order valence-corrected chi connectivity index (χ4v) is 3.32. The summed E-state index contributed by atoms with van der Waals surface area (Å²) in [5, 5.41) is 20.4. The van der Waals surface area contributed by atoms with Crippen LogP contribution >= 0.6 is 23.2 Å². The predicted octanol–water partition coefficient (Wildman–Crippen LogP) is 2.89. The van der Waals surface area contributed by atoms with Gasteiger partial charge >= 0.3 is 0 Å². The van der Waals surface area contributed by atoms with Crippen LogP contribution in [0.3, 0.4) is 0 Å². The fourth-order valence-electron chi connectivity index (χ4n) is 2.78. The van der Waals surface area contributed by atoms with E-state index in [-0.39, 0.29) is 12.5 Å². The lowest BCUT2D eigenvalue weighted by atomic mass is 9.79. The maximum Gasteiger partial charge on any atom is 0.231 e. The lowest BCUT2D eigenvalue weighted by molar-refractivity contribution is -0.154. The van der Waals surface area contributed by atoms with Crippen LogP contribution in [0.15, 0.2) is 18.2 Å². The lowest BCUT2D eigenvalue weighted by Crippen LogP contribution is -2.55. The summed E-state index contributed by atoms with van der Waals surface area (Å²) >= 11 is 11.9. The molecule has 1 saturated heterocycles. The van der Waals surface area contributed by atoms with E-state index in [0.29, 0.717) is 41.0 Å². The van der Waals surface area contributed by atoms with Gasteiger partial charge in [-0.25, -0.2) is 0 Å². The Hall–Kier alpha value is -0.810. The SMILES string of the molecule is CC(C)(C(=O)N1CC(CCO)C1)[C@H](O)c1cc(Cl)cc(Cl)c1. The first-order valence-corrected chi connectivity index (χ1v) is 8.05. The molecule has 122 valence electrons. The maximum absolute atomic E-state index is 12.6. The van der Waals surface area contributed by atoms with Crippen molar-refractivity contribution in [2.75, 3.05) is 19.7 Å². The summed E-state index contributed by atoms with van der Waals surface area (Å²) in [5.74, 6) is 0.243. The smallest absolute Gasteiger partial charge is 0.231 e. The molecule has 0 aromatic heterocycles. The Morgan fingerprint density at radius 1 is 1.32 bits per heavy atom. The van der Waals surface area contributed by atoms with Crippen LogP contribution in [0.25, 0.3) is 0 Å². The standard InChI is InChI=1S/C16H21Cl2NO3/c1-16(2,15(22)19-8-10(9-19)3-4-20)14(21)11-5-12(17)7-13(18)6-11/h5-7,10,14,20-21H,3-4,8-9H2,1-2H3/t14-/m1/s1. The zero-order chi connectivity index (χ0) is 16.5. The molecule has 1 aliphatic heterocycles. The van der Waals surface area contributed by atoms with Crippen molar-refractivity contribution in [1.82, 2.24) is 4.90 Å². The van der Waals surface area contributed by atoms with Crippen LogP contribution in [0.2, 0.25) is 10.0 Å². The maximum atomic E-state index is 12.6. The van der Waals surface area contributed by atoms with Crippen LogP contribution in [-0.4, -0.2) is 40.7 Å². The molecule has 6 heteroatoms. The molecular formula is C16H21Cl2NO3. The first kappa shape index (κ1) is 17.5. The molecule has 1 aromatic carbocycles. The van der Waals surface area contributed by atoms with Crippen LogP contribution < -0.4 is 0 Å². The number of aliphatic hydroxyl groups excluding tert-OH is 2. The third-order valence-corrected chi connectivity index (χ3v) is 4.65. The molecule has 0 saturated carbocycles. The van der Waals surface area contributed by atoms with E-state index in [1.807, 2.05) is 0 Å². The van der Waals surface area contributed by atoms with Gasteiger partial charge in [-0.2, -0.15) is 0 Å². The third kappa shape index (κ3) is 3.57. The summed E-state index contributed by atoms with van der Waals surface area (Å²) < 4.78 is 0. The normalized spacial score (nSPS) is 17.3. The number of hydrogen-bond acceptors (Lipinski definition) is 3. The first-order chi connectivity index (χ1) is 10.3. The van der Waals surface area contributed by atoms with E-state index in [1.54, 1.807) is 36.9 Å². The number of hydrogen-bond donors (Lipinski definition) is 2. The second-order valence-corrected chi connectivity index (χ2v) is 7.29. The van der Waals surface area contributed by atoms with E-state index in [4.69, 9.17) is 28.3 Å². The molecule has 2 N–H and O–H groups in total. The van der Waals surface area contributed by atoms with Gasteiger partial charge in [0.25, 0.3) is 0 Å². The Labute approximate surface area is 140 Å². The highest BCUT2D eigenvalue weighted by molar-refractivity contribution is 6.34. The molecule has 0 spiro atoms. The molecule has 0 bridgehead atoms. The predicted molar refractivity (Wildman–Crippen MR) is 87.0 cm³/mol. The highest BCUT2D eigenvalue weighted by Crippen LogP contribution is 2.38. The molecule has 1 atom stereocenters. The van der Waals surface area contributed by atoms with Gasteiger partial charge in [-0.15, -0.1) is 0 Å². The number of likely N-dealkylation sites (tertiary alicyclic amines) is 1. The summed E-state index contributed by atoms with van der Waals surface area (Å²) in [5.41, 5.74) is -0.443. The Morgan fingerprint density at radius 2 is 1.86 bits per heavy atom. The largest absolute Gasteiger partial charge is 0.396 e. The van der Waals surface area contributed by atoms with Crippen molar-refractivity contribution in [3.05, 3.63) is 33.8 Å². The highest BCUT2D eigenvalue weighted by Gasteiger charge is 2.43. The van der Waals surface area contributed by atoms with Crippen molar-refractivity contribution in [3.8, 4) is 0 Å². The number of nitrogens with zero attached hydrogens (tertiary/aromatic N) is 1. The van der Waals surface area contributed by atoms with Gasteiger partial charge in [0.05, 0.1) is 11.5 Å². The van der Waals surface area contributed by atoms with Crippen LogP contribution in [-0.2, 0) is 4.79 Å². The van der Waals surface area contributed by atoms with Crippen LogP contribution in [0.5, 0.6) is 0 Å². The number of amides is 1. The molecule has 1 aromatic rings. The van der Waals surface area contributed by atoms with Crippen LogP contribution in [0.4, 0.5) is 0 Å². The summed E-state index contributed by atoms with van der Waals surface area (Å²) in [7, 11) is 0. The van der Waals surface area contributed by atoms with Gasteiger partial charge in [0.2, 0.25) is 5.91 Å². The second kappa shape index (κ2) is 6.75.